The monoisotopic (exact) mass is 183 g/mol. The summed E-state index contributed by atoms with van der Waals surface area (Å²) in [6, 6.07) is 0. The molecule has 0 N–H and O–H groups in total. The van der Waals surface area contributed by atoms with E-state index in [0.29, 0.717) is 0 Å². The van der Waals surface area contributed by atoms with Crippen LogP contribution in [0.3, 0.4) is 0 Å². The highest BCUT2D eigenvalue weighted by molar-refractivity contribution is 4.99. The molecule has 0 bridgehead atoms. The second kappa shape index (κ2) is 6.03. The molecule has 1 aliphatic heterocycles. The van der Waals surface area contributed by atoms with E-state index in [1.54, 1.807) is 7.11 Å². The Labute approximate surface area is 81.6 Å². The Morgan fingerprint density at radius 1 is 1.46 bits per heavy atom. The lowest BCUT2D eigenvalue weighted by Crippen LogP contribution is -2.29. The molecule has 0 atom stereocenters. The van der Waals surface area contributed by atoms with Gasteiger partial charge in [0.2, 0.25) is 0 Å². The fourth-order valence-corrected chi connectivity index (χ4v) is 1.67. The highest BCUT2D eigenvalue weighted by Crippen LogP contribution is 2.11. The van der Waals surface area contributed by atoms with Crippen LogP contribution in [0.1, 0.15) is 32.6 Å². The molecule has 0 radical (unpaired) electrons. The van der Waals surface area contributed by atoms with Gasteiger partial charge < -0.3 is 4.74 Å². The smallest absolute Gasteiger partial charge is 0.0941 e. The van der Waals surface area contributed by atoms with Gasteiger partial charge in [-0.2, -0.15) is 0 Å². The van der Waals surface area contributed by atoms with E-state index in [1.807, 2.05) is 0 Å². The first-order chi connectivity index (χ1) is 6.36. The van der Waals surface area contributed by atoms with Crippen LogP contribution in [0, 0.1) is 0 Å². The summed E-state index contributed by atoms with van der Waals surface area (Å²) >= 11 is 0. The SMILES string of the molecule is CCCCCN1CC=C(OC)CC1. The number of nitrogens with zero attached hydrogens (tertiary/aromatic N) is 1. The molecule has 0 aromatic carbocycles. The highest BCUT2D eigenvalue weighted by atomic mass is 16.5. The van der Waals surface area contributed by atoms with Gasteiger partial charge in [0.1, 0.15) is 0 Å². The van der Waals surface area contributed by atoms with Crippen molar-refractivity contribution in [3.8, 4) is 0 Å². The maximum absolute atomic E-state index is 5.20. The summed E-state index contributed by atoms with van der Waals surface area (Å²) in [7, 11) is 1.76. The van der Waals surface area contributed by atoms with E-state index in [9.17, 15) is 0 Å². The van der Waals surface area contributed by atoms with Crippen molar-refractivity contribution >= 4 is 0 Å². The van der Waals surface area contributed by atoms with Crippen LogP contribution in [0.25, 0.3) is 0 Å². The maximum atomic E-state index is 5.20. The van der Waals surface area contributed by atoms with Gasteiger partial charge in [-0.3, -0.25) is 4.90 Å². The standard InChI is InChI=1S/C11H21NO/c1-3-4-5-8-12-9-6-11(13-2)7-10-12/h6H,3-5,7-10H2,1-2H3. The third-order valence-electron chi connectivity index (χ3n) is 2.59. The number of hydrogen-bond acceptors (Lipinski definition) is 2. The molecular weight excluding hydrogens is 162 g/mol. The van der Waals surface area contributed by atoms with Gasteiger partial charge in [-0.15, -0.1) is 0 Å². The predicted octanol–water partition coefficient (Wildman–Crippen LogP) is 2.41. The van der Waals surface area contributed by atoms with Crippen LogP contribution in [0.5, 0.6) is 0 Å². The van der Waals surface area contributed by atoms with E-state index in [4.69, 9.17) is 4.74 Å². The molecule has 0 aliphatic carbocycles. The Morgan fingerprint density at radius 3 is 2.85 bits per heavy atom. The Hall–Kier alpha value is -0.500. The topological polar surface area (TPSA) is 12.5 Å². The first-order valence-electron chi connectivity index (χ1n) is 5.32. The van der Waals surface area contributed by atoms with Crippen LogP contribution in [-0.4, -0.2) is 31.6 Å². The van der Waals surface area contributed by atoms with Crippen molar-refractivity contribution in [1.29, 1.82) is 0 Å². The first-order valence-corrected chi connectivity index (χ1v) is 5.32. The Morgan fingerprint density at radius 2 is 2.31 bits per heavy atom. The molecule has 1 rings (SSSR count). The van der Waals surface area contributed by atoms with Gasteiger partial charge in [-0.25, -0.2) is 0 Å². The Bertz CT molecular complexity index is 165. The number of methoxy groups -OCH3 is 1. The van der Waals surface area contributed by atoms with Crippen molar-refractivity contribution in [2.45, 2.75) is 32.6 Å². The molecule has 0 spiro atoms. The molecular formula is C11H21NO. The van der Waals surface area contributed by atoms with Crippen molar-refractivity contribution in [3.63, 3.8) is 0 Å². The van der Waals surface area contributed by atoms with Gasteiger partial charge in [0.25, 0.3) is 0 Å². The highest BCUT2D eigenvalue weighted by Gasteiger charge is 2.10. The molecule has 76 valence electrons. The van der Waals surface area contributed by atoms with Crippen molar-refractivity contribution in [1.82, 2.24) is 4.90 Å². The van der Waals surface area contributed by atoms with E-state index >= 15 is 0 Å². The molecule has 0 saturated heterocycles. The molecule has 0 fully saturated rings. The van der Waals surface area contributed by atoms with Gasteiger partial charge in [0, 0.05) is 19.5 Å². The summed E-state index contributed by atoms with van der Waals surface area (Å²) in [5.41, 5.74) is 0. The van der Waals surface area contributed by atoms with Crippen molar-refractivity contribution in [2.24, 2.45) is 0 Å². The summed E-state index contributed by atoms with van der Waals surface area (Å²) in [6.45, 7) is 5.75. The largest absolute Gasteiger partial charge is 0.501 e. The maximum Gasteiger partial charge on any atom is 0.0941 e. The summed E-state index contributed by atoms with van der Waals surface area (Å²) in [5, 5.41) is 0. The molecule has 0 saturated carbocycles. The normalized spacial score (nSPS) is 18.5. The van der Waals surface area contributed by atoms with Gasteiger partial charge in [-0.05, 0) is 19.0 Å². The van der Waals surface area contributed by atoms with Crippen LogP contribution in [0.2, 0.25) is 0 Å². The third kappa shape index (κ3) is 3.81. The predicted molar refractivity (Wildman–Crippen MR) is 55.7 cm³/mol. The number of unbranched alkanes of at least 4 members (excludes halogenated alkanes) is 2. The second-order valence-corrected chi connectivity index (χ2v) is 3.63. The molecule has 0 aromatic rings. The molecule has 1 aliphatic rings. The number of rotatable bonds is 5. The lowest BCUT2D eigenvalue weighted by molar-refractivity contribution is 0.217. The van der Waals surface area contributed by atoms with Crippen LogP contribution < -0.4 is 0 Å². The molecule has 13 heavy (non-hydrogen) atoms. The second-order valence-electron chi connectivity index (χ2n) is 3.63. The summed E-state index contributed by atoms with van der Waals surface area (Å²) in [5.74, 6) is 1.16. The van der Waals surface area contributed by atoms with Crippen molar-refractivity contribution in [3.05, 3.63) is 11.8 Å². The number of ether oxygens (including phenoxy) is 1. The summed E-state index contributed by atoms with van der Waals surface area (Å²) in [6.07, 6.45) is 7.30. The van der Waals surface area contributed by atoms with E-state index in [-0.39, 0.29) is 0 Å². The van der Waals surface area contributed by atoms with Crippen LogP contribution >= 0.6 is 0 Å². The molecule has 2 nitrogen and oxygen atoms in total. The zero-order valence-electron chi connectivity index (χ0n) is 8.88. The summed E-state index contributed by atoms with van der Waals surface area (Å²) < 4.78 is 5.20. The molecule has 0 amide bonds. The molecule has 0 aromatic heterocycles. The zero-order valence-corrected chi connectivity index (χ0v) is 8.88. The lowest BCUT2D eigenvalue weighted by Gasteiger charge is -2.25. The van der Waals surface area contributed by atoms with Gasteiger partial charge in [-0.1, -0.05) is 19.8 Å². The number of hydrogen-bond donors (Lipinski definition) is 0. The van der Waals surface area contributed by atoms with Crippen LogP contribution in [0.4, 0.5) is 0 Å². The Balaban J connectivity index is 2.14. The van der Waals surface area contributed by atoms with Crippen LogP contribution in [0.15, 0.2) is 11.8 Å². The fourth-order valence-electron chi connectivity index (χ4n) is 1.67. The average molecular weight is 183 g/mol. The minimum atomic E-state index is 1.08. The molecule has 2 heteroatoms. The quantitative estimate of drug-likeness (QED) is 0.607. The van der Waals surface area contributed by atoms with Gasteiger partial charge in [0.15, 0.2) is 0 Å². The van der Waals surface area contributed by atoms with Gasteiger partial charge in [0.05, 0.1) is 12.9 Å². The molecule has 1 heterocycles. The van der Waals surface area contributed by atoms with E-state index in [2.05, 4.69) is 17.9 Å². The van der Waals surface area contributed by atoms with Gasteiger partial charge >= 0.3 is 0 Å². The lowest BCUT2D eigenvalue weighted by atomic mass is 10.2. The van der Waals surface area contributed by atoms with Crippen molar-refractivity contribution in [2.75, 3.05) is 26.7 Å². The van der Waals surface area contributed by atoms with Crippen molar-refractivity contribution < 1.29 is 4.74 Å². The molecule has 0 unspecified atom stereocenters. The van der Waals surface area contributed by atoms with E-state index in [0.717, 1.165) is 18.7 Å². The average Bonchev–Trinajstić information content (AvgIpc) is 2.19. The Kier molecular flexibility index (Phi) is 4.91. The zero-order chi connectivity index (χ0) is 9.52. The minimum absolute atomic E-state index is 1.08. The van der Waals surface area contributed by atoms with Crippen LogP contribution in [-0.2, 0) is 4.74 Å². The first kappa shape index (κ1) is 10.6. The third-order valence-corrected chi connectivity index (χ3v) is 2.59. The van der Waals surface area contributed by atoms with E-state index < -0.39 is 0 Å². The fraction of sp³-hybridized carbons (Fsp3) is 0.818. The minimum Gasteiger partial charge on any atom is -0.501 e. The van der Waals surface area contributed by atoms with E-state index in [1.165, 1.54) is 32.4 Å². The summed E-state index contributed by atoms with van der Waals surface area (Å²) in [4.78, 5) is 2.50.